The van der Waals surface area contributed by atoms with Gasteiger partial charge in [0.1, 0.15) is 0 Å². The van der Waals surface area contributed by atoms with Crippen molar-refractivity contribution >= 4 is 11.8 Å². The van der Waals surface area contributed by atoms with Gasteiger partial charge in [-0.15, -0.1) is 11.8 Å². The first-order valence-corrected chi connectivity index (χ1v) is 4.79. The summed E-state index contributed by atoms with van der Waals surface area (Å²) in [5.74, 6) is 1.25. The Morgan fingerprint density at radius 3 is 2.70 bits per heavy atom. The highest BCUT2D eigenvalue weighted by atomic mass is 32.2. The molecule has 0 aromatic rings. The molecule has 0 aliphatic carbocycles. The van der Waals surface area contributed by atoms with Crippen molar-refractivity contribution in [3.05, 3.63) is 10.6 Å². The van der Waals surface area contributed by atoms with Crippen molar-refractivity contribution in [3.63, 3.8) is 0 Å². The van der Waals surface area contributed by atoms with E-state index in [-0.39, 0.29) is 0 Å². The van der Waals surface area contributed by atoms with E-state index in [1.54, 1.807) is 0 Å². The topological polar surface area (TPSA) is 12.0 Å². The molecule has 0 spiro atoms. The van der Waals surface area contributed by atoms with Crippen molar-refractivity contribution in [3.8, 4) is 0 Å². The maximum atomic E-state index is 3.48. The molecule has 10 heavy (non-hydrogen) atoms. The summed E-state index contributed by atoms with van der Waals surface area (Å²) in [6, 6.07) is 0.717. The summed E-state index contributed by atoms with van der Waals surface area (Å²) in [6.45, 7) is 6.55. The summed E-state index contributed by atoms with van der Waals surface area (Å²) in [7, 11) is 0. The largest absolute Gasteiger partial charge is 0.376 e. The summed E-state index contributed by atoms with van der Waals surface area (Å²) in [5.41, 5.74) is 1.42. The lowest BCUT2D eigenvalue weighted by atomic mass is 10.2. The van der Waals surface area contributed by atoms with E-state index >= 15 is 0 Å². The SMILES string of the molecule is CCC1CSC(=C(C)C)N1. The zero-order valence-corrected chi connectivity index (χ0v) is 7.72. The zero-order valence-electron chi connectivity index (χ0n) is 6.90. The Labute approximate surface area is 67.3 Å². The van der Waals surface area contributed by atoms with Gasteiger partial charge in [-0.3, -0.25) is 0 Å². The van der Waals surface area contributed by atoms with E-state index in [0.717, 1.165) is 6.04 Å². The summed E-state index contributed by atoms with van der Waals surface area (Å²) in [5, 5.41) is 4.88. The minimum atomic E-state index is 0.717. The second-order valence-corrected chi connectivity index (χ2v) is 3.92. The highest BCUT2D eigenvalue weighted by Gasteiger charge is 2.16. The maximum Gasteiger partial charge on any atom is 0.0670 e. The van der Waals surface area contributed by atoms with Gasteiger partial charge in [0.15, 0.2) is 0 Å². The molecule has 2 heteroatoms. The Kier molecular flexibility index (Phi) is 2.66. The molecule has 1 nitrogen and oxygen atoms in total. The first-order valence-electron chi connectivity index (χ1n) is 3.81. The molecule has 0 saturated carbocycles. The van der Waals surface area contributed by atoms with Gasteiger partial charge >= 0.3 is 0 Å². The number of thioether (sulfide) groups is 1. The fourth-order valence-electron chi connectivity index (χ4n) is 0.961. The third-order valence-electron chi connectivity index (χ3n) is 1.71. The van der Waals surface area contributed by atoms with E-state index < -0.39 is 0 Å². The highest BCUT2D eigenvalue weighted by Crippen LogP contribution is 2.25. The molecule has 1 aliphatic heterocycles. The van der Waals surface area contributed by atoms with Crippen LogP contribution in [0.15, 0.2) is 10.6 Å². The van der Waals surface area contributed by atoms with Gasteiger partial charge in [-0.1, -0.05) is 6.92 Å². The fraction of sp³-hybridized carbons (Fsp3) is 0.750. The lowest BCUT2D eigenvalue weighted by Crippen LogP contribution is -2.21. The molecule has 0 aromatic heterocycles. The molecule has 1 unspecified atom stereocenters. The molecule has 0 radical (unpaired) electrons. The van der Waals surface area contributed by atoms with Crippen molar-refractivity contribution in [1.29, 1.82) is 0 Å². The number of rotatable bonds is 1. The number of hydrogen-bond acceptors (Lipinski definition) is 2. The van der Waals surface area contributed by atoms with Crippen molar-refractivity contribution in [2.24, 2.45) is 0 Å². The van der Waals surface area contributed by atoms with Crippen molar-refractivity contribution in [1.82, 2.24) is 5.32 Å². The molecule has 1 N–H and O–H groups in total. The fourth-order valence-corrected chi connectivity index (χ4v) is 2.19. The summed E-state index contributed by atoms with van der Waals surface area (Å²) in [4.78, 5) is 0. The average molecular weight is 157 g/mol. The van der Waals surface area contributed by atoms with E-state index in [1.807, 2.05) is 11.8 Å². The molecule has 0 aromatic carbocycles. The van der Waals surface area contributed by atoms with Crippen LogP contribution in [0, 0.1) is 0 Å². The molecule has 0 amide bonds. The zero-order chi connectivity index (χ0) is 7.56. The van der Waals surface area contributed by atoms with Gasteiger partial charge in [0.25, 0.3) is 0 Å². The van der Waals surface area contributed by atoms with Crippen LogP contribution in [0.2, 0.25) is 0 Å². The molecule has 1 saturated heterocycles. The summed E-state index contributed by atoms with van der Waals surface area (Å²) >= 11 is 1.95. The van der Waals surface area contributed by atoms with Gasteiger partial charge in [0.2, 0.25) is 0 Å². The van der Waals surface area contributed by atoms with Gasteiger partial charge in [0.05, 0.1) is 5.03 Å². The van der Waals surface area contributed by atoms with E-state index in [4.69, 9.17) is 0 Å². The molecule has 1 heterocycles. The third-order valence-corrected chi connectivity index (χ3v) is 3.09. The first kappa shape index (κ1) is 7.99. The average Bonchev–Trinajstić information content (AvgIpc) is 2.34. The smallest absolute Gasteiger partial charge is 0.0670 e. The van der Waals surface area contributed by atoms with Crippen molar-refractivity contribution in [2.45, 2.75) is 33.2 Å². The minimum absolute atomic E-state index is 0.717. The van der Waals surface area contributed by atoms with E-state index in [0.29, 0.717) is 0 Å². The molecule has 1 aliphatic rings. The predicted octanol–water partition coefficient (Wildman–Crippen LogP) is 2.35. The van der Waals surface area contributed by atoms with Crippen molar-refractivity contribution < 1.29 is 0 Å². The van der Waals surface area contributed by atoms with Gasteiger partial charge in [-0.25, -0.2) is 0 Å². The Morgan fingerprint density at radius 2 is 2.40 bits per heavy atom. The van der Waals surface area contributed by atoms with Gasteiger partial charge < -0.3 is 5.32 Å². The predicted molar refractivity (Wildman–Crippen MR) is 48.0 cm³/mol. The third kappa shape index (κ3) is 1.69. The normalized spacial score (nSPS) is 24.7. The van der Waals surface area contributed by atoms with Gasteiger partial charge in [0, 0.05) is 11.8 Å². The second-order valence-electron chi connectivity index (χ2n) is 2.89. The Hall–Kier alpha value is -0.110. The number of allylic oxidation sites excluding steroid dienone is 1. The van der Waals surface area contributed by atoms with Crippen LogP contribution in [0.25, 0.3) is 0 Å². The maximum absolute atomic E-state index is 3.48. The van der Waals surface area contributed by atoms with Crippen LogP contribution in [-0.4, -0.2) is 11.8 Å². The molecule has 0 bridgehead atoms. The standard InChI is InChI=1S/C8H15NS/c1-4-7-5-10-8(9-7)6(2)3/h7,9H,4-5H2,1-3H3. The van der Waals surface area contributed by atoms with E-state index in [9.17, 15) is 0 Å². The van der Waals surface area contributed by atoms with Crippen molar-refractivity contribution in [2.75, 3.05) is 5.75 Å². The first-order chi connectivity index (χ1) is 4.74. The molecule has 1 fully saturated rings. The molecule has 58 valence electrons. The lowest BCUT2D eigenvalue weighted by Gasteiger charge is -2.06. The van der Waals surface area contributed by atoms with Crippen LogP contribution < -0.4 is 5.32 Å². The highest BCUT2D eigenvalue weighted by molar-refractivity contribution is 8.03. The number of nitrogens with one attached hydrogen (secondary N) is 1. The molecule has 1 atom stereocenters. The lowest BCUT2D eigenvalue weighted by molar-refractivity contribution is 0.637. The van der Waals surface area contributed by atoms with Crippen LogP contribution in [0.5, 0.6) is 0 Å². The monoisotopic (exact) mass is 157 g/mol. The number of hydrogen-bond donors (Lipinski definition) is 1. The van der Waals surface area contributed by atoms with Crippen LogP contribution in [0.1, 0.15) is 27.2 Å². The summed E-state index contributed by atoms with van der Waals surface area (Å²) in [6.07, 6.45) is 1.24. The van der Waals surface area contributed by atoms with Crippen LogP contribution in [-0.2, 0) is 0 Å². The van der Waals surface area contributed by atoms with Crippen LogP contribution >= 0.6 is 11.8 Å². The minimum Gasteiger partial charge on any atom is -0.376 e. The molecule has 1 rings (SSSR count). The van der Waals surface area contributed by atoms with E-state index in [2.05, 4.69) is 26.1 Å². The Bertz CT molecular complexity index is 147. The van der Waals surface area contributed by atoms with Gasteiger partial charge in [-0.2, -0.15) is 0 Å². The summed E-state index contributed by atoms with van der Waals surface area (Å²) < 4.78 is 0. The van der Waals surface area contributed by atoms with Crippen LogP contribution in [0.3, 0.4) is 0 Å². The quantitative estimate of drug-likeness (QED) is 0.627. The second kappa shape index (κ2) is 3.33. The van der Waals surface area contributed by atoms with Crippen LogP contribution in [0.4, 0.5) is 0 Å². The Morgan fingerprint density at radius 1 is 1.70 bits per heavy atom. The van der Waals surface area contributed by atoms with E-state index in [1.165, 1.54) is 22.8 Å². The molecular formula is C8H15NS. The molecular weight excluding hydrogens is 142 g/mol. The Balaban J connectivity index is 2.51. The van der Waals surface area contributed by atoms with Gasteiger partial charge in [-0.05, 0) is 25.8 Å².